The van der Waals surface area contributed by atoms with Gasteiger partial charge in [0.1, 0.15) is 0 Å². The summed E-state index contributed by atoms with van der Waals surface area (Å²) >= 11 is 3.33. The fourth-order valence-electron chi connectivity index (χ4n) is 2.21. The van der Waals surface area contributed by atoms with Gasteiger partial charge in [-0.05, 0) is 30.7 Å². The molecule has 0 amide bonds. The van der Waals surface area contributed by atoms with Crippen molar-refractivity contribution in [1.82, 2.24) is 10.2 Å². The average Bonchev–Trinajstić information content (AvgIpc) is 2.33. The topological polar surface area (TPSA) is 15.3 Å². The maximum Gasteiger partial charge on any atom is 0.416 e. The van der Waals surface area contributed by atoms with Gasteiger partial charge in [0.25, 0.3) is 0 Å². The predicted molar refractivity (Wildman–Crippen MR) is 86.4 cm³/mol. The van der Waals surface area contributed by atoms with Gasteiger partial charge < -0.3 is 5.32 Å². The molecule has 1 fully saturated rings. The molecule has 0 spiro atoms. The molecule has 122 valence electrons. The van der Waals surface area contributed by atoms with Crippen molar-refractivity contribution in [2.45, 2.75) is 25.7 Å². The van der Waals surface area contributed by atoms with Gasteiger partial charge in [-0.2, -0.15) is 13.2 Å². The van der Waals surface area contributed by atoms with Crippen LogP contribution in [0.5, 0.6) is 0 Å². The van der Waals surface area contributed by atoms with Crippen molar-refractivity contribution in [2.75, 3.05) is 19.6 Å². The van der Waals surface area contributed by atoms with Crippen LogP contribution < -0.4 is 5.32 Å². The summed E-state index contributed by atoms with van der Waals surface area (Å²) in [4.78, 5) is 2.19. The second-order valence-electron chi connectivity index (χ2n) is 4.83. The van der Waals surface area contributed by atoms with Gasteiger partial charge in [-0.15, -0.1) is 24.8 Å². The largest absolute Gasteiger partial charge is 0.416 e. The minimum Gasteiger partial charge on any atom is -0.314 e. The van der Waals surface area contributed by atoms with Gasteiger partial charge in [0.2, 0.25) is 0 Å². The fourth-order valence-corrected chi connectivity index (χ4v) is 2.58. The number of halogens is 6. The lowest BCUT2D eigenvalue weighted by Gasteiger charge is -2.34. The lowest BCUT2D eigenvalue weighted by molar-refractivity contribution is -0.137. The highest BCUT2D eigenvalue weighted by Gasteiger charge is 2.31. The molecule has 1 heterocycles. The number of hydrogen-bond donors (Lipinski definition) is 1. The Morgan fingerprint density at radius 2 is 2.00 bits per heavy atom. The Morgan fingerprint density at radius 3 is 2.57 bits per heavy atom. The molecule has 0 saturated carbocycles. The Labute approximate surface area is 143 Å². The second-order valence-corrected chi connectivity index (χ2v) is 5.68. The van der Waals surface area contributed by atoms with E-state index in [-0.39, 0.29) is 24.8 Å². The van der Waals surface area contributed by atoms with Crippen LogP contribution in [0.3, 0.4) is 0 Å². The van der Waals surface area contributed by atoms with Crippen LogP contribution in [0.15, 0.2) is 22.7 Å². The summed E-state index contributed by atoms with van der Waals surface area (Å²) < 4.78 is 38.9. The van der Waals surface area contributed by atoms with Crippen LogP contribution in [-0.4, -0.2) is 30.6 Å². The van der Waals surface area contributed by atoms with Crippen LogP contribution in [0.1, 0.15) is 18.1 Å². The molecule has 0 radical (unpaired) electrons. The number of hydrogen-bond acceptors (Lipinski definition) is 2. The van der Waals surface area contributed by atoms with Crippen molar-refractivity contribution in [3.8, 4) is 0 Å². The summed E-state index contributed by atoms with van der Waals surface area (Å²) in [5, 5.41) is 3.27. The zero-order valence-electron chi connectivity index (χ0n) is 11.4. The predicted octanol–water partition coefficient (Wildman–Crippen LogP) is 4.11. The Bertz CT molecular complexity index is 458. The molecule has 1 N–H and O–H groups in total. The molecule has 2 nitrogen and oxygen atoms in total. The third-order valence-electron chi connectivity index (χ3n) is 3.39. The van der Waals surface area contributed by atoms with Crippen molar-refractivity contribution in [3.05, 3.63) is 33.8 Å². The first-order valence-corrected chi connectivity index (χ1v) is 6.97. The molecule has 1 unspecified atom stereocenters. The smallest absolute Gasteiger partial charge is 0.314 e. The second kappa shape index (κ2) is 8.58. The van der Waals surface area contributed by atoms with Crippen LogP contribution in [0.25, 0.3) is 0 Å². The molecule has 1 aliphatic rings. The fraction of sp³-hybridized carbons (Fsp3) is 0.538. The SMILES string of the molecule is CC1CNCCN1Cc1cc(C(F)(F)F)ccc1Br.Cl.Cl. The van der Waals surface area contributed by atoms with E-state index in [1.807, 2.05) is 0 Å². The maximum absolute atomic E-state index is 12.7. The average molecular weight is 410 g/mol. The number of piperazine rings is 1. The molecule has 1 aliphatic heterocycles. The van der Waals surface area contributed by atoms with Crippen LogP contribution in [0, 0.1) is 0 Å². The minimum atomic E-state index is -4.29. The van der Waals surface area contributed by atoms with E-state index in [0.717, 1.165) is 30.2 Å². The molecular formula is C13H18BrCl2F3N2. The van der Waals surface area contributed by atoms with E-state index in [2.05, 4.69) is 33.1 Å². The monoisotopic (exact) mass is 408 g/mol. The van der Waals surface area contributed by atoms with Crippen LogP contribution in [0.2, 0.25) is 0 Å². The molecule has 1 aromatic rings. The van der Waals surface area contributed by atoms with Gasteiger partial charge >= 0.3 is 6.18 Å². The maximum atomic E-state index is 12.7. The van der Waals surface area contributed by atoms with Crippen molar-refractivity contribution < 1.29 is 13.2 Å². The van der Waals surface area contributed by atoms with Gasteiger partial charge in [-0.1, -0.05) is 15.9 Å². The summed E-state index contributed by atoms with van der Waals surface area (Å²) in [5.74, 6) is 0. The number of alkyl halides is 3. The van der Waals surface area contributed by atoms with Crippen molar-refractivity contribution in [2.24, 2.45) is 0 Å². The number of nitrogens with one attached hydrogen (secondary N) is 1. The quantitative estimate of drug-likeness (QED) is 0.790. The summed E-state index contributed by atoms with van der Waals surface area (Å²) in [6, 6.07) is 4.15. The molecule has 1 saturated heterocycles. The highest BCUT2D eigenvalue weighted by atomic mass is 79.9. The van der Waals surface area contributed by atoms with Crippen LogP contribution in [0.4, 0.5) is 13.2 Å². The molecule has 1 aromatic carbocycles. The number of rotatable bonds is 2. The van der Waals surface area contributed by atoms with Crippen LogP contribution >= 0.6 is 40.7 Å². The zero-order valence-corrected chi connectivity index (χ0v) is 14.6. The molecule has 1 atom stereocenters. The first kappa shape index (κ1) is 21.0. The minimum absolute atomic E-state index is 0. The van der Waals surface area contributed by atoms with Gasteiger partial charge in [-0.25, -0.2) is 0 Å². The molecule has 0 aromatic heterocycles. The van der Waals surface area contributed by atoms with Crippen LogP contribution in [-0.2, 0) is 12.7 Å². The van der Waals surface area contributed by atoms with E-state index >= 15 is 0 Å². The highest BCUT2D eigenvalue weighted by molar-refractivity contribution is 9.10. The highest BCUT2D eigenvalue weighted by Crippen LogP contribution is 2.32. The van der Waals surface area contributed by atoms with Gasteiger partial charge in [0.05, 0.1) is 5.56 Å². The lowest BCUT2D eigenvalue weighted by atomic mass is 10.1. The summed E-state index contributed by atoms with van der Waals surface area (Å²) in [6.07, 6.45) is -4.29. The molecule has 21 heavy (non-hydrogen) atoms. The molecule has 2 rings (SSSR count). The third kappa shape index (κ3) is 5.60. The zero-order chi connectivity index (χ0) is 14.0. The molecular weight excluding hydrogens is 392 g/mol. The first-order chi connectivity index (χ1) is 8.88. The normalized spacial score (nSPS) is 19.6. The Morgan fingerprint density at radius 1 is 1.33 bits per heavy atom. The van der Waals surface area contributed by atoms with Gasteiger partial charge in [-0.3, -0.25) is 4.90 Å². The number of nitrogens with zero attached hydrogens (tertiary/aromatic N) is 1. The van der Waals surface area contributed by atoms with Gasteiger partial charge in [0, 0.05) is 36.7 Å². The molecule has 0 aliphatic carbocycles. The third-order valence-corrected chi connectivity index (χ3v) is 4.16. The molecule has 8 heteroatoms. The van der Waals surface area contributed by atoms with Gasteiger partial charge in [0.15, 0.2) is 0 Å². The lowest BCUT2D eigenvalue weighted by Crippen LogP contribution is -2.49. The number of benzene rings is 1. The van der Waals surface area contributed by atoms with Crippen molar-refractivity contribution in [3.63, 3.8) is 0 Å². The van der Waals surface area contributed by atoms with Crippen molar-refractivity contribution in [1.29, 1.82) is 0 Å². The van der Waals surface area contributed by atoms with E-state index in [0.29, 0.717) is 18.2 Å². The van der Waals surface area contributed by atoms with E-state index in [1.54, 1.807) is 0 Å². The van der Waals surface area contributed by atoms with E-state index in [4.69, 9.17) is 0 Å². The van der Waals surface area contributed by atoms with Crippen molar-refractivity contribution >= 4 is 40.7 Å². The Hall–Kier alpha value is -0.0100. The summed E-state index contributed by atoms with van der Waals surface area (Å²) in [5.41, 5.74) is 0.0945. The first-order valence-electron chi connectivity index (χ1n) is 6.18. The Balaban J connectivity index is 0.00000200. The van der Waals surface area contributed by atoms with E-state index in [9.17, 15) is 13.2 Å². The standard InChI is InChI=1S/C13H16BrF3N2.2ClH/c1-9-7-18-4-5-19(9)8-10-6-11(13(15,16)17)2-3-12(10)14;;/h2-3,6,9,18H,4-5,7-8H2,1H3;2*1H. The van der Waals surface area contributed by atoms with E-state index in [1.165, 1.54) is 12.1 Å². The molecule has 0 bridgehead atoms. The summed E-state index contributed by atoms with van der Waals surface area (Å²) in [6.45, 7) is 5.21. The Kier molecular flexibility index (Phi) is 8.57. The van der Waals surface area contributed by atoms with E-state index < -0.39 is 11.7 Å². The summed E-state index contributed by atoms with van der Waals surface area (Å²) in [7, 11) is 0.